The molecule has 0 aliphatic carbocycles. The average molecular weight is 418 g/mol. The summed E-state index contributed by atoms with van der Waals surface area (Å²) in [6.45, 7) is 4.48. The molecule has 0 saturated carbocycles. The fourth-order valence-electron chi connectivity index (χ4n) is 2.60. The number of halogens is 1. The van der Waals surface area contributed by atoms with E-state index in [0.717, 1.165) is 10.9 Å². The summed E-state index contributed by atoms with van der Waals surface area (Å²) in [5.41, 5.74) is 0.0985. The maximum Gasteiger partial charge on any atom is 0.293 e. The van der Waals surface area contributed by atoms with Gasteiger partial charge in [-0.25, -0.2) is 8.42 Å². The Kier molecular flexibility index (Phi) is 6.62. The molecule has 1 heterocycles. The standard InChI is InChI=1S/C16H20ClN3O4S2/c1-4-19(5-2)26(23,24)13-7-8-14(15(10-13)20(21)22)18(3)11-12-6-9-16(17)25-12/h6-10H,4-5,11H2,1-3H3. The summed E-state index contributed by atoms with van der Waals surface area (Å²) < 4.78 is 27.2. The summed E-state index contributed by atoms with van der Waals surface area (Å²) in [4.78, 5) is 13.5. The first-order valence-corrected chi connectivity index (χ1v) is 10.6. The third-order valence-corrected chi connectivity index (χ3v) is 7.18. The van der Waals surface area contributed by atoms with Gasteiger partial charge in [-0.05, 0) is 24.3 Å². The molecule has 0 aliphatic rings. The Morgan fingerprint density at radius 1 is 1.19 bits per heavy atom. The predicted octanol–water partition coefficient (Wildman–Crippen LogP) is 3.98. The van der Waals surface area contributed by atoms with Gasteiger partial charge in [-0.2, -0.15) is 4.31 Å². The van der Waals surface area contributed by atoms with Gasteiger partial charge >= 0.3 is 0 Å². The van der Waals surface area contributed by atoms with Crippen LogP contribution in [0.15, 0.2) is 35.2 Å². The number of nitro groups is 1. The number of thiophene rings is 1. The second kappa shape index (κ2) is 8.34. The number of benzene rings is 1. The number of anilines is 1. The molecular weight excluding hydrogens is 398 g/mol. The summed E-state index contributed by atoms with van der Waals surface area (Å²) in [7, 11) is -2.04. The van der Waals surface area contributed by atoms with E-state index >= 15 is 0 Å². The largest absolute Gasteiger partial charge is 0.364 e. The van der Waals surface area contributed by atoms with E-state index in [-0.39, 0.29) is 10.6 Å². The lowest BCUT2D eigenvalue weighted by atomic mass is 10.2. The average Bonchev–Trinajstić information content (AvgIpc) is 2.99. The maximum absolute atomic E-state index is 12.6. The van der Waals surface area contributed by atoms with Gasteiger partial charge in [-0.1, -0.05) is 25.4 Å². The van der Waals surface area contributed by atoms with Crippen LogP contribution < -0.4 is 4.90 Å². The van der Waals surface area contributed by atoms with E-state index in [2.05, 4.69) is 0 Å². The van der Waals surface area contributed by atoms with Crippen LogP contribution in [0.25, 0.3) is 0 Å². The van der Waals surface area contributed by atoms with Crippen molar-refractivity contribution in [3.05, 3.63) is 49.7 Å². The van der Waals surface area contributed by atoms with Crippen LogP contribution in [-0.2, 0) is 16.6 Å². The molecule has 0 bridgehead atoms. The Bertz CT molecular complexity index is 895. The van der Waals surface area contributed by atoms with Crippen LogP contribution in [0.2, 0.25) is 4.34 Å². The molecule has 0 N–H and O–H groups in total. The Morgan fingerprint density at radius 3 is 2.35 bits per heavy atom. The number of hydrogen-bond acceptors (Lipinski definition) is 6. The van der Waals surface area contributed by atoms with Gasteiger partial charge in [0, 0.05) is 31.1 Å². The van der Waals surface area contributed by atoms with Crippen LogP contribution >= 0.6 is 22.9 Å². The van der Waals surface area contributed by atoms with E-state index in [4.69, 9.17) is 11.6 Å². The highest BCUT2D eigenvalue weighted by Gasteiger charge is 2.26. The summed E-state index contributed by atoms with van der Waals surface area (Å²) >= 11 is 7.31. The molecule has 142 valence electrons. The van der Waals surface area contributed by atoms with E-state index in [0.29, 0.717) is 29.7 Å². The molecule has 2 rings (SSSR count). The van der Waals surface area contributed by atoms with E-state index in [1.54, 1.807) is 31.9 Å². The molecule has 0 amide bonds. The highest BCUT2D eigenvalue weighted by molar-refractivity contribution is 7.89. The van der Waals surface area contributed by atoms with Crippen LogP contribution in [-0.4, -0.2) is 37.8 Å². The van der Waals surface area contributed by atoms with Crippen LogP contribution in [0.3, 0.4) is 0 Å². The van der Waals surface area contributed by atoms with Gasteiger partial charge in [0.25, 0.3) is 5.69 Å². The molecular formula is C16H20ClN3O4S2. The number of rotatable bonds is 8. The highest BCUT2D eigenvalue weighted by atomic mass is 35.5. The minimum Gasteiger partial charge on any atom is -0.364 e. The van der Waals surface area contributed by atoms with E-state index in [1.165, 1.54) is 27.8 Å². The number of nitro benzene ring substituents is 1. The highest BCUT2D eigenvalue weighted by Crippen LogP contribution is 2.33. The number of nitrogens with zero attached hydrogens (tertiary/aromatic N) is 3. The summed E-state index contributed by atoms with van der Waals surface area (Å²) in [6, 6.07) is 7.64. The zero-order chi connectivity index (χ0) is 19.5. The second-order valence-electron chi connectivity index (χ2n) is 5.56. The quantitative estimate of drug-likeness (QED) is 0.479. The third kappa shape index (κ3) is 4.35. The van der Waals surface area contributed by atoms with Crippen molar-refractivity contribution in [2.45, 2.75) is 25.3 Å². The Balaban J connectivity index is 2.41. The topological polar surface area (TPSA) is 83.8 Å². The molecule has 0 atom stereocenters. The van der Waals surface area contributed by atoms with Gasteiger partial charge in [0.05, 0.1) is 20.7 Å². The van der Waals surface area contributed by atoms with Crippen molar-refractivity contribution in [3.63, 3.8) is 0 Å². The number of sulfonamides is 1. The fourth-order valence-corrected chi connectivity index (χ4v) is 5.22. The first-order chi connectivity index (χ1) is 12.2. The van der Waals surface area contributed by atoms with Gasteiger partial charge in [0.15, 0.2) is 0 Å². The molecule has 0 saturated heterocycles. The van der Waals surface area contributed by atoms with Gasteiger partial charge in [-0.3, -0.25) is 10.1 Å². The molecule has 0 fully saturated rings. The summed E-state index contributed by atoms with van der Waals surface area (Å²) in [5.74, 6) is 0. The first kappa shape index (κ1) is 20.6. The first-order valence-electron chi connectivity index (χ1n) is 7.94. The Labute approximate surface area is 162 Å². The van der Waals surface area contributed by atoms with Gasteiger partial charge < -0.3 is 4.90 Å². The van der Waals surface area contributed by atoms with Crippen molar-refractivity contribution < 1.29 is 13.3 Å². The monoisotopic (exact) mass is 417 g/mol. The van der Waals surface area contributed by atoms with Crippen LogP contribution in [0.1, 0.15) is 18.7 Å². The predicted molar refractivity (Wildman–Crippen MR) is 105 cm³/mol. The summed E-state index contributed by atoms with van der Waals surface area (Å²) in [6.07, 6.45) is 0. The van der Waals surface area contributed by atoms with Crippen LogP contribution in [0, 0.1) is 10.1 Å². The molecule has 26 heavy (non-hydrogen) atoms. The lowest BCUT2D eigenvalue weighted by molar-refractivity contribution is -0.384. The van der Waals surface area contributed by atoms with Crippen molar-refractivity contribution in [2.75, 3.05) is 25.0 Å². The molecule has 1 aromatic carbocycles. The Hall–Kier alpha value is -1.68. The van der Waals surface area contributed by atoms with Gasteiger partial charge in [0.1, 0.15) is 5.69 Å². The summed E-state index contributed by atoms with van der Waals surface area (Å²) in [5, 5.41) is 11.5. The smallest absolute Gasteiger partial charge is 0.293 e. The zero-order valence-corrected chi connectivity index (χ0v) is 17.1. The molecule has 0 spiro atoms. The van der Waals surface area contributed by atoms with Gasteiger partial charge in [-0.15, -0.1) is 11.3 Å². The van der Waals surface area contributed by atoms with Crippen LogP contribution in [0.5, 0.6) is 0 Å². The molecule has 1 aromatic heterocycles. The Morgan fingerprint density at radius 2 is 1.85 bits per heavy atom. The van der Waals surface area contributed by atoms with E-state index < -0.39 is 14.9 Å². The fraction of sp³-hybridized carbons (Fsp3) is 0.375. The van der Waals surface area contributed by atoms with Crippen molar-refractivity contribution in [2.24, 2.45) is 0 Å². The lowest BCUT2D eigenvalue weighted by Crippen LogP contribution is -2.30. The lowest BCUT2D eigenvalue weighted by Gasteiger charge is -2.21. The van der Waals surface area contributed by atoms with Crippen molar-refractivity contribution in [1.82, 2.24) is 4.31 Å². The van der Waals surface area contributed by atoms with E-state index in [9.17, 15) is 18.5 Å². The minimum absolute atomic E-state index is 0.0794. The normalized spacial score (nSPS) is 11.7. The van der Waals surface area contributed by atoms with Crippen molar-refractivity contribution >= 4 is 44.3 Å². The zero-order valence-electron chi connectivity index (χ0n) is 14.7. The molecule has 7 nitrogen and oxygen atoms in total. The van der Waals surface area contributed by atoms with Crippen LogP contribution in [0.4, 0.5) is 11.4 Å². The molecule has 10 heteroatoms. The van der Waals surface area contributed by atoms with E-state index in [1.807, 2.05) is 6.07 Å². The SMILES string of the molecule is CCN(CC)S(=O)(=O)c1ccc(N(C)Cc2ccc(Cl)s2)c([N+](=O)[O-])c1. The molecule has 0 aliphatic heterocycles. The maximum atomic E-state index is 12.6. The second-order valence-corrected chi connectivity index (χ2v) is 9.30. The number of hydrogen-bond donors (Lipinski definition) is 0. The minimum atomic E-state index is -3.76. The van der Waals surface area contributed by atoms with Crippen molar-refractivity contribution in [1.29, 1.82) is 0 Å². The molecule has 0 radical (unpaired) electrons. The van der Waals surface area contributed by atoms with Gasteiger partial charge in [0.2, 0.25) is 10.0 Å². The van der Waals surface area contributed by atoms with Crippen molar-refractivity contribution in [3.8, 4) is 0 Å². The third-order valence-electron chi connectivity index (χ3n) is 3.92. The molecule has 2 aromatic rings. The molecule has 0 unspecified atom stereocenters.